The van der Waals surface area contributed by atoms with E-state index in [-0.39, 0.29) is 12.1 Å². The van der Waals surface area contributed by atoms with Crippen LogP contribution in [0.5, 0.6) is 0 Å². The molecule has 86 valence electrons. The molecule has 1 aliphatic carbocycles. The van der Waals surface area contributed by atoms with E-state index in [2.05, 4.69) is 9.97 Å². The Balaban J connectivity index is 2.15. The van der Waals surface area contributed by atoms with Crippen molar-refractivity contribution in [1.29, 1.82) is 0 Å². The van der Waals surface area contributed by atoms with E-state index >= 15 is 0 Å². The van der Waals surface area contributed by atoms with Gasteiger partial charge in [-0.05, 0) is 18.8 Å². The Morgan fingerprint density at radius 2 is 2.38 bits per heavy atom. The molecule has 1 aliphatic rings. The second kappa shape index (κ2) is 4.34. The maximum absolute atomic E-state index is 11.1. The topological polar surface area (TPSA) is 86.3 Å². The quantitative estimate of drug-likeness (QED) is 0.737. The summed E-state index contributed by atoms with van der Waals surface area (Å²) in [7, 11) is 0. The molecule has 1 aromatic rings. The molecular formula is C10H13N3O3. The number of aliphatic carboxylic acids is 1. The highest BCUT2D eigenvalue weighted by Gasteiger charge is 2.26. The number of aromatic amines is 1. The van der Waals surface area contributed by atoms with Crippen molar-refractivity contribution in [2.45, 2.75) is 12.8 Å². The third-order valence-corrected chi connectivity index (χ3v) is 2.49. The van der Waals surface area contributed by atoms with Crippen molar-refractivity contribution < 1.29 is 9.90 Å². The highest BCUT2D eigenvalue weighted by Crippen LogP contribution is 2.30. The van der Waals surface area contributed by atoms with Crippen LogP contribution in [0.3, 0.4) is 0 Å². The number of anilines is 1. The van der Waals surface area contributed by atoms with Gasteiger partial charge in [0.15, 0.2) is 0 Å². The molecule has 0 aliphatic heterocycles. The van der Waals surface area contributed by atoms with Crippen LogP contribution in [-0.4, -0.2) is 34.1 Å². The third kappa shape index (κ3) is 2.82. The SMILES string of the molecule is O=C(O)CN(CC1CC1)c1cc(=O)[nH]cn1. The van der Waals surface area contributed by atoms with Gasteiger partial charge in [0.1, 0.15) is 12.4 Å². The summed E-state index contributed by atoms with van der Waals surface area (Å²) in [6.07, 6.45) is 3.54. The van der Waals surface area contributed by atoms with Crippen molar-refractivity contribution >= 4 is 11.8 Å². The minimum atomic E-state index is -0.914. The lowest BCUT2D eigenvalue weighted by Gasteiger charge is -2.20. The summed E-state index contributed by atoms with van der Waals surface area (Å²) in [4.78, 5) is 29.8. The van der Waals surface area contributed by atoms with Crippen LogP contribution >= 0.6 is 0 Å². The second-order valence-corrected chi connectivity index (χ2v) is 3.99. The first-order valence-corrected chi connectivity index (χ1v) is 5.16. The molecule has 0 radical (unpaired) electrons. The maximum Gasteiger partial charge on any atom is 0.323 e. The van der Waals surface area contributed by atoms with Crippen molar-refractivity contribution in [3.63, 3.8) is 0 Å². The normalized spacial score (nSPS) is 14.8. The van der Waals surface area contributed by atoms with Crippen molar-refractivity contribution in [3.8, 4) is 0 Å². The summed E-state index contributed by atoms with van der Waals surface area (Å²) >= 11 is 0. The van der Waals surface area contributed by atoms with Gasteiger partial charge in [-0.1, -0.05) is 0 Å². The van der Waals surface area contributed by atoms with Gasteiger partial charge in [0.25, 0.3) is 5.56 Å². The van der Waals surface area contributed by atoms with Crippen LogP contribution in [0.4, 0.5) is 5.82 Å². The van der Waals surface area contributed by atoms with Gasteiger partial charge in [-0.2, -0.15) is 0 Å². The van der Waals surface area contributed by atoms with E-state index in [0.717, 1.165) is 12.8 Å². The molecule has 0 bridgehead atoms. The number of carboxylic acids is 1. The fraction of sp³-hybridized carbons (Fsp3) is 0.500. The monoisotopic (exact) mass is 223 g/mol. The molecule has 1 aromatic heterocycles. The average Bonchev–Trinajstić information content (AvgIpc) is 3.00. The summed E-state index contributed by atoms with van der Waals surface area (Å²) in [5, 5.41) is 8.79. The molecule has 16 heavy (non-hydrogen) atoms. The lowest BCUT2D eigenvalue weighted by atomic mass is 10.3. The van der Waals surface area contributed by atoms with Gasteiger partial charge in [0.05, 0.1) is 6.33 Å². The number of hydrogen-bond donors (Lipinski definition) is 2. The Morgan fingerprint density at radius 1 is 1.62 bits per heavy atom. The zero-order chi connectivity index (χ0) is 11.5. The predicted octanol–water partition coefficient (Wildman–Crippen LogP) is 0.0709. The molecule has 2 rings (SSSR count). The number of hydrogen-bond acceptors (Lipinski definition) is 4. The van der Waals surface area contributed by atoms with Crippen molar-refractivity contribution in [2.24, 2.45) is 5.92 Å². The first-order valence-electron chi connectivity index (χ1n) is 5.16. The standard InChI is InChI=1S/C10H13N3O3/c14-9-3-8(11-6-12-9)13(5-10(15)16)4-7-1-2-7/h3,6-7H,1-2,4-5H2,(H,15,16)(H,11,12,14). The Labute approximate surface area is 91.9 Å². The fourth-order valence-electron chi connectivity index (χ4n) is 1.55. The number of carbonyl (C=O) groups is 1. The van der Waals surface area contributed by atoms with Crippen molar-refractivity contribution in [2.75, 3.05) is 18.0 Å². The summed E-state index contributed by atoms with van der Waals surface area (Å²) in [5.41, 5.74) is -0.267. The first kappa shape index (κ1) is 10.7. The average molecular weight is 223 g/mol. The summed E-state index contributed by atoms with van der Waals surface area (Å²) < 4.78 is 0. The smallest absolute Gasteiger partial charge is 0.323 e. The van der Waals surface area contributed by atoms with Crippen LogP contribution in [0.1, 0.15) is 12.8 Å². The fourth-order valence-corrected chi connectivity index (χ4v) is 1.55. The van der Waals surface area contributed by atoms with Crippen molar-refractivity contribution in [3.05, 3.63) is 22.7 Å². The molecule has 6 heteroatoms. The molecule has 0 aromatic carbocycles. The number of aromatic nitrogens is 2. The molecule has 1 fully saturated rings. The van der Waals surface area contributed by atoms with Gasteiger partial charge in [-0.25, -0.2) is 4.98 Å². The largest absolute Gasteiger partial charge is 0.480 e. The molecule has 2 N–H and O–H groups in total. The lowest BCUT2D eigenvalue weighted by molar-refractivity contribution is -0.135. The Bertz CT molecular complexity index is 439. The minimum absolute atomic E-state index is 0.118. The summed E-state index contributed by atoms with van der Waals surface area (Å²) in [6.45, 7) is 0.537. The van der Waals surface area contributed by atoms with E-state index in [1.165, 1.54) is 12.4 Å². The molecule has 0 saturated heterocycles. The van der Waals surface area contributed by atoms with E-state index < -0.39 is 5.97 Å². The molecule has 0 unspecified atom stereocenters. The van der Waals surface area contributed by atoms with Crippen LogP contribution in [0.25, 0.3) is 0 Å². The summed E-state index contributed by atoms with van der Waals surface area (Å²) in [5.74, 6) is 0.0567. The Kier molecular flexibility index (Phi) is 2.89. The van der Waals surface area contributed by atoms with Crippen LogP contribution in [0, 0.1) is 5.92 Å². The van der Waals surface area contributed by atoms with E-state index in [1.807, 2.05) is 0 Å². The number of H-pyrrole nitrogens is 1. The van der Waals surface area contributed by atoms with Crippen LogP contribution in [0.2, 0.25) is 0 Å². The lowest BCUT2D eigenvalue weighted by Crippen LogP contribution is -2.33. The second-order valence-electron chi connectivity index (χ2n) is 3.99. The van der Waals surface area contributed by atoms with E-state index in [0.29, 0.717) is 18.3 Å². The van der Waals surface area contributed by atoms with Gasteiger partial charge in [-0.3, -0.25) is 9.59 Å². The van der Waals surface area contributed by atoms with E-state index in [9.17, 15) is 9.59 Å². The molecule has 6 nitrogen and oxygen atoms in total. The maximum atomic E-state index is 11.1. The highest BCUT2D eigenvalue weighted by molar-refractivity contribution is 5.73. The highest BCUT2D eigenvalue weighted by atomic mass is 16.4. The van der Waals surface area contributed by atoms with Crippen molar-refractivity contribution in [1.82, 2.24) is 9.97 Å². The molecule has 0 atom stereocenters. The van der Waals surface area contributed by atoms with E-state index in [1.54, 1.807) is 4.90 Å². The molecule has 0 amide bonds. The molecule has 1 heterocycles. The van der Waals surface area contributed by atoms with Gasteiger partial charge < -0.3 is 15.0 Å². The zero-order valence-corrected chi connectivity index (χ0v) is 8.72. The van der Waals surface area contributed by atoms with Crippen LogP contribution < -0.4 is 10.5 Å². The Hall–Kier alpha value is -1.85. The Morgan fingerprint density at radius 3 is 2.94 bits per heavy atom. The van der Waals surface area contributed by atoms with E-state index in [4.69, 9.17) is 5.11 Å². The number of nitrogens with one attached hydrogen (secondary N) is 1. The molecule has 1 saturated carbocycles. The van der Waals surface area contributed by atoms with Gasteiger partial charge >= 0.3 is 5.97 Å². The molecular weight excluding hydrogens is 210 g/mol. The number of rotatable bonds is 5. The van der Waals surface area contributed by atoms with Gasteiger partial charge in [-0.15, -0.1) is 0 Å². The number of carboxylic acid groups (broad SMARTS) is 1. The van der Waals surface area contributed by atoms with Gasteiger partial charge in [0, 0.05) is 12.6 Å². The zero-order valence-electron chi connectivity index (χ0n) is 8.72. The van der Waals surface area contributed by atoms with Crippen LogP contribution in [0.15, 0.2) is 17.2 Å². The minimum Gasteiger partial charge on any atom is -0.480 e. The van der Waals surface area contributed by atoms with Gasteiger partial charge in [0.2, 0.25) is 0 Å². The number of nitrogens with zero attached hydrogens (tertiary/aromatic N) is 2. The third-order valence-electron chi connectivity index (χ3n) is 2.49. The van der Waals surface area contributed by atoms with Crippen LogP contribution in [-0.2, 0) is 4.79 Å². The first-order chi connectivity index (χ1) is 7.65. The summed E-state index contributed by atoms with van der Waals surface area (Å²) in [6, 6.07) is 1.32. The molecule has 0 spiro atoms. The predicted molar refractivity (Wildman–Crippen MR) is 57.4 cm³/mol.